The number of hydrogen-bond acceptors (Lipinski definition) is 11. The minimum Gasteiger partial charge on any atom is -0.508 e. The van der Waals surface area contributed by atoms with Gasteiger partial charge in [0.1, 0.15) is 23.9 Å². The summed E-state index contributed by atoms with van der Waals surface area (Å²) in [5, 5.41) is 39.6. The number of phenolic OH excluding ortho intramolecular Hbond substituents is 1. The molecular formula is C42H51N9O11. The zero-order chi connectivity index (χ0) is 45.3. The fraction of sp³-hybridized carbons (Fsp3) is 0.333. The lowest BCUT2D eigenvalue weighted by molar-refractivity contribution is -0.147. The van der Waals surface area contributed by atoms with E-state index < -0.39 is 84.0 Å². The van der Waals surface area contributed by atoms with Crippen LogP contribution < -0.4 is 43.6 Å². The van der Waals surface area contributed by atoms with Gasteiger partial charge in [-0.3, -0.25) is 44.4 Å². The number of fused-ring (bicyclic) bond motifs is 1. The van der Waals surface area contributed by atoms with Crippen molar-refractivity contribution < 1.29 is 53.7 Å². The number of hydrazine groups is 1. The Hall–Kier alpha value is -7.48. The number of carboxylic acid groups (broad SMARTS) is 2. The van der Waals surface area contributed by atoms with Crippen LogP contribution in [0.5, 0.6) is 5.75 Å². The highest BCUT2D eigenvalue weighted by Crippen LogP contribution is 2.20. The van der Waals surface area contributed by atoms with E-state index >= 15 is 0 Å². The van der Waals surface area contributed by atoms with Crippen molar-refractivity contribution in [2.45, 2.75) is 88.5 Å². The first-order valence-corrected chi connectivity index (χ1v) is 19.8. The summed E-state index contributed by atoms with van der Waals surface area (Å²) in [6.45, 7) is 1.95. The molecule has 1 heterocycles. The Morgan fingerprint density at radius 2 is 1.32 bits per heavy atom. The number of phenols is 1. The number of carboxylic acids is 2. The third-order valence-corrected chi connectivity index (χ3v) is 9.77. The second-order valence-electron chi connectivity index (χ2n) is 14.5. The number of aliphatic carboxylic acids is 2. The Labute approximate surface area is 355 Å². The van der Waals surface area contributed by atoms with E-state index in [0.29, 0.717) is 34.1 Å². The average Bonchev–Trinajstić information content (AvgIpc) is 3.65. The molecule has 330 valence electrons. The molecule has 0 aliphatic heterocycles. The van der Waals surface area contributed by atoms with Crippen molar-refractivity contribution in [3.8, 4) is 5.75 Å². The topological polar surface area (TPSA) is 337 Å². The normalized spacial score (nSPS) is 13.3. The van der Waals surface area contributed by atoms with Gasteiger partial charge < -0.3 is 53.0 Å². The lowest BCUT2D eigenvalue weighted by Crippen LogP contribution is -2.61. The minimum absolute atomic E-state index is 0.101. The molecule has 14 N–H and O–H groups in total. The fourth-order valence-electron chi connectivity index (χ4n) is 6.32. The summed E-state index contributed by atoms with van der Waals surface area (Å²) in [5.74, 6) is -8.71. The summed E-state index contributed by atoms with van der Waals surface area (Å²) >= 11 is 0. The molecule has 0 bridgehead atoms. The lowest BCUT2D eigenvalue weighted by atomic mass is 10.0. The Kier molecular flexibility index (Phi) is 17.3. The highest BCUT2D eigenvalue weighted by atomic mass is 16.4. The van der Waals surface area contributed by atoms with Crippen molar-refractivity contribution in [2.75, 3.05) is 5.43 Å². The molecular weight excluding hydrogens is 807 g/mol. The third kappa shape index (κ3) is 14.1. The van der Waals surface area contributed by atoms with Gasteiger partial charge in [-0.05, 0) is 66.4 Å². The monoisotopic (exact) mass is 857 g/mol. The van der Waals surface area contributed by atoms with E-state index in [0.717, 1.165) is 12.8 Å². The first-order valence-electron chi connectivity index (χ1n) is 19.8. The summed E-state index contributed by atoms with van der Waals surface area (Å²) in [4.78, 5) is 107. The molecule has 0 unspecified atom stereocenters. The van der Waals surface area contributed by atoms with Crippen molar-refractivity contribution in [2.24, 2.45) is 11.5 Å². The number of rotatable bonds is 24. The number of carbonyl (C=O) groups excluding carboxylic acids is 6. The maximum absolute atomic E-state index is 14.3. The van der Waals surface area contributed by atoms with Crippen LogP contribution >= 0.6 is 0 Å². The second-order valence-corrected chi connectivity index (χ2v) is 14.5. The number of aromatic amines is 1. The molecule has 1 aromatic heterocycles. The molecule has 0 fully saturated rings. The van der Waals surface area contributed by atoms with Gasteiger partial charge in [0.2, 0.25) is 29.7 Å². The van der Waals surface area contributed by atoms with Crippen LogP contribution in [0.25, 0.3) is 10.9 Å². The number of hydrogen-bond donors (Lipinski definition) is 12. The number of aromatic nitrogens is 1. The molecule has 0 saturated carbocycles. The van der Waals surface area contributed by atoms with Crippen LogP contribution in [-0.2, 0) is 46.4 Å². The van der Waals surface area contributed by atoms with E-state index in [1.54, 1.807) is 30.5 Å². The smallest absolute Gasteiger partial charge is 0.336 e. The summed E-state index contributed by atoms with van der Waals surface area (Å²) in [7, 11) is 0. The van der Waals surface area contributed by atoms with Crippen LogP contribution in [-0.4, -0.2) is 97.9 Å². The van der Waals surface area contributed by atoms with E-state index in [9.17, 15) is 53.7 Å². The number of carbonyl (C=O) groups is 8. The number of aromatic hydroxyl groups is 1. The number of nitrogens with two attached hydrogens (primary N) is 2. The summed E-state index contributed by atoms with van der Waals surface area (Å²) in [6.07, 6.45) is 2.66. The van der Waals surface area contributed by atoms with E-state index in [1.165, 1.54) is 48.5 Å². The van der Waals surface area contributed by atoms with Gasteiger partial charge in [-0.2, -0.15) is 0 Å². The zero-order valence-electron chi connectivity index (χ0n) is 33.8. The number of primary amides is 1. The van der Waals surface area contributed by atoms with Crippen LogP contribution in [0.1, 0.15) is 66.9 Å². The molecule has 4 aromatic rings. The molecule has 3 aromatic carbocycles. The van der Waals surface area contributed by atoms with Gasteiger partial charge in [0.15, 0.2) is 0 Å². The first-order chi connectivity index (χ1) is 29.6. The number of anilines is 1. The van der Waals surface area contributed by atoms with Gasteiger partial charge in [0, 0.05) is 41.9 Å². The Bertz CT molecular complexity index is 2230. The summed E-state index contributed by atoms with van der Waals surface area (Å²) in [5.41, 5.74) is 18.4. The molecule has 20 nitrogen and oxygen atoms in total. The molecule has 0 saturated heterocycles. The molecule has 20 heteroatoms. The number of nitrogens with one attached hydrogen (secondary N) is 7. The van der Waals surface area contributed by atoms with Gasteiger partial charge >= 0.3 is 11.9 Å². The number of unbranched alkanes of at least 4 members (excludes halogenated alkanes) is 2. The molecule has 0 aliphatic rings. The third-order valence-electron chi connectivity index (χ3n) is 9.77. The molecule has 0 spiro atoms. The van der Waals surface area contributed by atoms with Crippen molar-refractivity contribution >= 4 is 64.0 Å². The van der Waals surface area contributed by atoms with Crippen LogP contribution in [0.2, 0.25) is 0 Å². The van der Waals surface area contributed by atoms with Crippen LogP contribution in [0.3, 0.4) is 0 Å². The number of para-hydroxylation sites is 1. The van der Waals surface area contributed by atoms with Gasteiger partial charge in [-0.1, -0.05) is 56.5 Å². The molecule has 0 aliphatic carbocycles. The number of H-pyrrole nitrogens is 1. The van der Waals surface area contributed by atoms with E-state index in [-0.39, 0.29) is 37.0 Å². The van der Waals surface area contributed by atoms with Crippen molar-refractivity contribution in [3.05, 3.63) is 95.7 Å². The predicted molar refractivity (Wildman–Crippen MR) is 225 cm³/mol. The van der Waals surface area contributed by atoms with Gasteiger partial charge in [0.05, 0.1) is 11.7 Å². The minimum atomic E-state index is -2.16. The molecule has 4 rings (SSSR count). The second kappa shape index (κ2) is 22.8. The van der Waals surface area contributed by atoms with Gasteiger partial charge in [0.25, 0.3) is 11.8 Å². The van der Waals surface area contributed by atoms with Crippen molar-refractivity contribution in [1.29, 1.82) is 0 Å². The van der Waals surface area contributed by atoms with Crippen LogP contribution in [0.15, 0.2) is 79.0 Å². The maximum atomic E-state index is 14.3. The highest BCUT2D eigenvalue weighted by Gasteiger charge is 2.35. The predicted octanol–water partition coefficient (Wildman–Crippen LogP) is 0.697. The van der Waals surface area contributed by atoms with Crippen LogP contribution in [0.4, 0.5) is 5.69 Å². The average molecular weight is 858 g/mol. The first kappa shape index (κ1) is 47.2. The van der Waals surface area contributed by atoms with E-state index in [4.69, 9.17) is 11.5 Å². The van der Waals surface area contributed by atoms with Crippen molar-refractivity contribution in [3.63, 3.8) is 0 Å². The van der Waals surface area contributed by atoms with E-state index in [2.05, 4.69) is 37.1 Å². The Balaban J connectivity index is 1.62. The van der Waals surface area contributed by atoms with E-state index in [1.807, 2.05) is 6.92 Å². The number of benzene rings is 3. The molecule has 62 heavy (non-hydrogen) atoms. The highest BCUT2D eigenvalue weighted by molar-refractivity contribution is 6.06. The quantitative estimate of drug-likeness (QED) is 0.0263. The zero-order valence-corrected chi connectivity index (χ0v) is 33.8. The summed E-state index contributed by atoms with van der Waals surface area (Å²) in [6, 6.07) is 10.5. The van der Waals surface area contributed by atoms with Crippen LogP contribution in [0, 0.1) is 0 Å². The lowest BCUT2D eigenvalue weighted by Gasteiger charge is -2.26. The number of amides is 6. The summed E-state index contributed by atoms with van der Waals surface area (Å²) < 4.78 is 0. The maximum Gasteiger partial charge on any atom is 0.336 e. The Morgan fingerprint density at radius 3 is 1.95 bits per heavy atom. The Morgan fingerprint density at radius 1 is 0.694 bits per heavy atom. The van der Waals surface area contributed by atoms with Crippen molar-refractivity contribution in [1.82, 2.24) is 31.7 Å². The SMILES string of the molecule is CCCCC[C@H](N)C(=O)N[C@@H](C(=O)O)C(=O)N[C@@H](Cc1ccc(O)cc1)C(=O)N[C@@H](Cc1c[nH]c2ccccc12)C(=O)N[C@@H](CCC(=O)O)C(=O)NNc1ccc(C(N)=O)cc1. The fourth-order valence-corrected chi connectivity index (χ4v) is 6.32. The standard InChI is InChI=1S/C42H51N9O11/c1-2-3-4-8-29(43)37(56)49-35(42(61)62)41(60)48-32(20-23-10-16-27(52)17-11-23)38(57)47-33(21-25-22-45-30-9-6-5-7-28(25)30)39(58)46-31(18-19-34(53)54)40(59)51-50-26-14-12-24(13-15-26)36(44)55/h5-7,9-17,22,29,31-33,35,45,50,52H,2-4,8,18-21,43H2,1H3,(H2,44,55)(H,46,58)(H,47,57)(H,48,60)(H,49,56)(H,51,59)(H,53,54)(H,61,62)/t29-,31-,32-,33-,35+/m0/s1. The van der Waals surface area contributed by atoms with Gasteiger partial charge in [-0.15, -0.1) is 0 Å². The largest absolute Gasteiger partial charge is 0.508 e. The van der Waals surface area contributed by atoms with Gasteiger partial charge in [-0.25, -0.2) is 4.79 Å². The molecule has 5 atom stereocenters. The molecule has 0 radical (unpaired) electrons. The molecule has 6 amide bonds.